The second-order valence-electron chi connectivity index (χ2n) is 6.93. The minimum absolute atomic E-state index is 0.0243. The molecule has 0 saturated carbocycles. The molecule has 1 saturated heterocycles. The third-order valence-corrected chi connectivity index (χ3v) is 5.22. The zero-order valence-corrected chi connectivity index (χ0v) is 15.2. The van der Waals surface area contributed by atoms with E-state index in [-0.39, 0.29) is 29.7 Å². The molecule has 1 aliphatic rings. The van der Waals surface area contributed by atoms with E-state index in [1.165, 1.54) is 38.5 Å². The lowest BCUT2D eigenvalue weighted by Crippen LogP contribution is -2.23. The Morgan fingerprint density at radius 1 is 1.04 bits per heavy atom. The largest absolute Gasteiger partial charge is 0.393 e. The van der Waals surface area contributed by atoms with Crippen LogP contribution in [0.4, 0.5) is 0 Å². The zero-order valence-electron chi connectivity index (χ0n) is 15.2. The molecule has 3 heteroatoms. The molecule has 0 radical (unpaired) electrons. The summed E-state index contributed by atoms with van der Waals surface area (Å²) >= 11 is 0. The van der Waals surface area contributed by atoms with Gasteiger partial charge in [-0.25, -0.2) is 0 Å². The summed E-state index contributed by atoms with van der Waals surface area (Å²) < 4.78 is 4.70. The molecule has 0 aromatic rings. The molecule has 0 bridgehead atoms. The summed E-state index contributed by atoms with van der Waals surface area (Å²) in [5.74, 6) is -0.941. The highest BCUT2D eigenvalue weighted by Crippen LogP contribution is 2.38. The van der Waals surface area contributed by atoms with Crippen LogP contribution in [0.25, 0.3) is 0 Å². The van der Waals surface area contributed by atoms with E-state index in [2.05, 4.69) is 32.9 Å². The maximum atomic E-state index is 11.7. The van der Waals surface area contributed by atoms with Gasteiger partial charge in [-0.15, -0.1) is 0 Å². The van der Waals surface area contributed by atoms with Crippen molar-refractivity contribution in [3.05, 3.63) is 12.2 Å². The maximum Gasteiger partial charge on any atom is 0.317 e. The normalized spacial score (nSPS) is 18.8. The average molecular weight is 322 g/mol. The van der Waals surface area contributed by atoms with E-state index in [0.29, 0.717) is 0 Å². The Kier molecular flexibility index (Phi) is 9.20. The van der Waals surface area contributed by atoms with Crippen LogP contribution in [-0.2, 0) is 14.3 Å². The van der Waals surface area contributed by atoms with Gasteiger partial charge in [0, 0.05) is 0 Å². The predicted octanol–water partition coefficient (Wildman–Crippen LogP) is 5.58. The van der Waals surface area contributed by atoms with E-state index in [0.717, 1.165) is 25.7 Å². The standard InChI is InChI=1S/C20H34O3/c1-4-7-8-9-10-11-12-13-14-20(5-2,6-3)16-17-15-18(21)23-19(17)22/h13-14,17H,4-12,15-16H2,1-3H3. The van der Waals surface area contributed by atoms with Crippen LogP contribution in [-0.4, -0.2) is 11.9 Å². The van der Waals surface area contributed by atoms with E-state index in [9.17, 15) is 9.59 Å². The molecule has 1 aliphatic heterocycles. The van der Waals surface area contributed by atoms with Gasteiger partial charge in [-0.2, -0.15) is 0 Å². The van der Waals surface area contributed by atoms with Crippen molar-refractivity contribution in [3.8, 4) is 0 Å². The highest BCUT2D eigenvalue weighted by molar-refractivity contribution is 5.94. The van der Waals surface area contributed by atoms with Gasteiger partial charge in [0.15, 0.2) is 0 Å². The molecule has 1 atom stereocenters. The predicted molar refractivity (Wildman–Crippen MR) is 94.0 cm³/mol. The Balaban J connectivity index is 2.41. The first-order valence-electron chi connectivity index (χ1n) is 9.49. The third-order valence-electron chi connectivity index (χ3n) is 5.22. The molecule has 1 rings (SSSR count). The van der Waals surface area contributed by atoms with Crippen LogP contribution in [0.3, 0.4) is 0 Å². The van der Waals surface area contributed by atoms with Gasteiger partial charge >= 0.3 is 11.9 Å². The first kappa shape index (κ1) is 19.9. The van der Waals surface area contributed by atoms with Gasteiger partial charge in [0.05, 0.1) is 12.3 Å². The van der Waals surface area contributed by atoms with Crippen LogP contribution < -0.4 is 0 Å². The van der Waals surface area contributed by atoms with Gasteiger partial charge in [0.2, 0.25) is 0 Å². The summed E-state index contributed by atoms with van der Waals surface area (Å²) in [5, 5.41) is 0. The number of carbonyl (C=O) groups is 2. The van der Waals surface area contributed by atoms with Crippen molar-refractivity contribution in [3.63, 3.8) is 0 Å². The number of hydrogen-bond acceptors (Lipinski definition) is 3. The summed E-state index contributed by atoms with van der Waals surface area (Å²) in [4.78, 5) is 23.0. The molecule has 1 unspecified atom stereocenters. The molecule has 0 aliphatic carbocycles. The van der Waals surface area contributed by atoms with Crippen LogP contribution in [0.15, 0.2) is 12.2 Å². The molecule has 0 aromatic carbocycles. The fourth-order valence-corrected chi connectivity index (χ4v) is 3.39. The zero-order chi connectivity index (χ0) is 17.1. The highest BCUT2D eigenvalue weighted by Gasteiger charge is 2.38. The highest BCUT2D eigenvalue weighted by atomic mass is 16.6. The maximum absolute atomic E-state index is 11.7. The van der Waals surface area contributed by atoms with Crippen LogP contribution in [0.2, 0.25) is 0 Å². The van der Waals surface area contributed by atoms with Crippen molar-refractivity contribution in [2.45, 2.75) is 91.4 Å². The van der Waals surface area contributed by atoms with Gasteiger partial charge in [-0.1, -0.05) is 65.0 Å². The molecule has 132 valence electrons. The van der Waals surface area contributed by atoms with Crippen molar-refractivity contribution in [2.75, 3.05) is 0 Å². The minimum Gasteiger partial charge on any atom is -0.393 e. The van der Waals surface area contributed by atoms with Gasteiger partial charge < -0.3 is 4.74 Å². The van der Waals surface area contributed by atoms with Crippen molar-refractivity contribution in [1.29, 1.82) is 0 Å². The molecule has 0 spiro atoms. The molecule has 0 aromatic heterocycles. The van der Waals surface area contributed by atoms with E-state index in [1.54, 1.807) is 0 Å². The molecule has 3 nitrogen and oxygen atoms in total. The van der Waals surface area contributed by atoms with Gasteiger partial charge in [-0.05, 0) is 37.5 Å². The molecule has 0 N–H and O–H groups in total. The number of carbonyl (C=O) groups excluding carboxylic acids is 2. The first-order valence-corrected chi connectivity index (χ1v) is 9.49. The number of esters is 2. The summed E-state index contributed by atoms with van der Waals surface area (Å²) in [5.41, 5.74) is 0.0243. The molecule has 0 amide bonds. The van der Waals surface area contributed by atoms with Gasteiger partial charge in [0.1, 0.15) is 0 Å². The molecular weight excluding hydrogens is 288 g/mol. The first-order chi connectivity index (χ1) is 11.1. The van der Waals surface area contributed by atoms with Crippen LogP contribution in [0, 0.1) is 11.3 Å². The van der Waals surface area contributed by atoms with E-state index in [4.69, 9.17) is 4.74 Å². The van der Waals surface area contributed by atoms with Crippen molar-refractivity contribution >= 4 is 11.9 Å². The number of hydrogen-bond donors (Lipinski definition) is 0. The van der Waals surface area contributed by atoms with Gasteiger partial charge in [-0.3, -0.25) is 9.59 Å². The monoisotopic (exact) mass is 322 g/mol. The van der Waals surface area contributed by atoms with Crippen LogP contribution in [0.1, 0.15) is 91.4 Å². The fraction of sp³-hybridized carbons (Fsp3) is 0.800. The number of allylic oxidation sites excluding steroid dienone is 2. The second kappa shape index (κ2) is 10.6. The Labute approximate surface area is 141 Å². The lowest BCUT2D eigenvalue weighted by Gasteiger charge is -2.29. The number of ether oxygens (including phenoxy) is 1. The van der Waals surface area contributed by atoms with E-state index in [1.807, 2.05) is 0 Å². The average Bonchev–Trinajstić information content (AvgIpc) is 2.86. The third kappa shape index (κ3) is 6.88. The number of unbranched alkanes of at least 4 members (excludes halogenated alkanes) is 6. The van der Waals surface area contributed by atoms with Crippen molar-refractivity contribution < 1.29 is 14.3 Å². The molecular formula is C20H34O3. The molecule has 1 heterocycles. The second-order valence-corrected chi connectivity index (χ2v) is 6.93. The summed E-state index contributed by atoms with van der Waals surface area (Å²) in [6.45, 7) is 6.58. The quantitative estimate of drug-likeness (QED) is 0.204. The van der Waals surface area contributed by atoms with Crippen molar-refractivity contribution in [1.82, 2.24) is 0 Å². The Hall–Kier alpha value is -1.12. The lowest BCUT2D eigenvalue weighted by molar-refractivity contribution is -0.153. The Bertz CT molecular complexity index is 394. The summed E-state index contributed by atoms with van der Waals surface area (Å²) in [7, 11) is 0. The lowest BCUT2D eigenvalue weighted by atomic mass is 9.74. The van der Waals surface area contributed by atoms with E-state index >= 15 is 0 Å². The molecule has 1 fully saturated rings. The Morgan fingerprint density at radius 2 is 1.70 bits per heavy atom. The Morgan fingerprint density at radius 3 is 2.26 bits per heavy atom. The van der Waals surface area contributed by atoms with E-state index < -0.39 is 0 Å². The topological polar surface area (TPSA) is 43.4 Å². The van der Waals surface area contributed by atoms with Gasteiger partial charge in [0.25, 0.3) is 0 Å². The van der Waals surface area contributed by atoms with Crippen LogP contribution in [0.5, 0.6) is 0 Å². The fourth-order valence-electron chi connectivity index (χ4n) is 3.39. The summed E-state index contributed by atoms with van der Waals surface area (Å²) in [6.07, 6.45) is 16.6. The minimum atomic E-state index is -0.364. The molecule has 23 heavy (non-hydrogen) atoms. The smallest absolute Gasteiger partial charge is 0.317 e. The van der Waals surface area contributed by atoms with Crippen LogP contribution >= 0.6 is 0 Å². The SMILES string of the molecule is CCCCCCCCC=CC(CC)(CC)CC1CC(=O)OC1=O. The number of rotatable bonds is 12. The summed E-state index contributed by atoms with van der Waals surface area (Å²) in [6, 6.07) is 0. The van der Waals surface area contributed by atoms with Crippen molar-refractivity contribution in [2.24, 2.45) is 11.3 Å². The number of cyclic esters (lactones) is 2.